The summed E-state index contributed by atoms with van der Waals surface area (Å²) in [7, 11) is 0. The fourth-order valence-corrected chi connectivity index (χ4v) is 2.83. The first-order valence-electron chi connectivity index (χ1n) is 9.60. The molecule has 1 aromatic carbocycles. The number of carbonyl (C=O) groups excluding carboxylic acids is 1. The number of benzene rings is 1. The van der Waals surface area contributed by atoms with Crippen LogP contribution in [0.1, 0.15) is 47.0 Å². The molecule has 0 aliphatic carbocycles. The molecule has 2 aromatic rings. The maximum absolute atomic E-state index is 12.7. The normalized spacial score (nSPS) is 11.5. The smallest absolute Gasteiger partial charge is 0.261 e. The summed E-state index contributed by atoms with van der Waals surface area (Å²) in [5, 5.41) is 0.596. The Balaban J connectivity index is 2.04. The molecule has 5 nitrogen and oxygen atoms in total. The van der Waals surface area contributed by atoms with Crippen LogP contribution >= 0.6 is 0 Å². The van der Waals surface area contributed by atoms with E-state index in [0.29, 0.717) is 35.7 Å². The molecule has 0 aliphatic heterocycles. The zero-order chi connectivity index (χ0) is 19.1. The van der Waals surface area contributed by atoms with Crippen LogP contribution in [0.4, 0.5) is 0 Å². The number of rotatable bonds is 9. The first-order chi connectivity index (χ1) is 12.4. The first-order valence-corrected chi connectivity index (χ1v) is 9.60. The second kappa shape index (κ2) is 9.51. The molecule has 142 valence electrons. The second-order valence-corrected chi connectivity index (χ2v) is 7.76. The lowest BCUT2D eigenvalue weighted by Crippen LogP contribution is -2.35. The molecule has 0 saturated heterocycles. The molecule has 0 unspecified atom stereocenters. The fraction of sp³-hybridized carbons (Fsp3) is 0.571. The van der Waals surface area contributed by atoms with Gasteiger partial charge in [0.25, 0.3) is 5.56 Å². The van der Waals surface area contributed by atoms with Crippen molar-refractivity contribution in [3.63, 3.8) is 0 Å². The van der Waals surface area contributed by atoms with Crippen molar-refractivity contribution < 1.29 is 4.79 Å². The first kappa shape index (κ1) is 20.1. The molecular formula is C21H31N3O2. The largest absolute Gasteiger partial charge is 0.343 e. The lowest BCUT2D eigenvalue weighted by molar-refractivity contribution is -0.131. The third kappa shape index (κ3) is 5.68. The molecule has 1 heterocycles. The number of aromatic nitrogens is 2. The number of para-hydroxylation sites is 1. The number of nitrogens with zero attached hydrogens (tertiary/aromatic N) is 3. The molecule has 0 spiro atoms. The molecule has 0 bridgehead atoms. The van der Waals surface area contributed by atoms with Crippen LogP contribution in [-0.2, 0) is 11.3 Å². The molecule has 5 heteroatoms. The summed E-state index contributed by atoms with van der Waals surface area (Å²) in [4.78, 5) is 31.5. The third-order valence-corrected chi connectivity index (χ3v) is 4.60. The van der Waals surface area contributed by atoms with Crippen LogP contribution in [0.2, 0.25) is 0 Å². The van der Waals surface area contributed by atoms with Crippen LogP contribution in [0.25, 0.3) is 10.9 Å². The van der Waals surface area contributed by atoms with Gasteiger partial charge >= 0.3 is 0 Å². The van der Waals surface area contributed by atoms with Crippen molar-refractivity contribution in [1.82, 2.24) is 14.5 Å². The number of aryl methyl sites for hydroxylation is 1. The Morgan fingerprint density at radius 3 is 2.31 bits per heavy atom. The van der Waals surface area contributed by atoms with Crippen LogP contribution in [-0.4, -0.2) is 33.4 Å². The summed E-state index contributed by atoms with van der Waals surface area (Å²) < 4.78 is 1.54. The average Bonchev–Trinajstić information content (AvgIpc) is 2.60. The summed E-state index contributed by atoms with van der Waals surface area (Å²) >= 11 is 0. The molecule has 0 saturated carbocycles. The van der Waals surface area contributed by atoms with Crippen LogP contribution in [0.15, 0.2) is 35.4 Å². The highest BCUT2D eigenvalue weighted by Crippen LogP contribution is 2.09. The molecule has 1 aromatic heterocycles. The maximum Gasteiger partial charge on any atom is 0.261 e. The summed E-state index contributed by atoms with van der Waals surface area (Å²) in [5.74, 6) is 1.25. The van der Waals surface area contributed by atoms with Gasteiger partial charge in [0.2, 0.25) is 5.91 Å². The molecule has 0 radical (unpaired) electrons. The van der Waals surface area contributed by atoms with Crippen molar-refractivity contribution in [2.45, 2.75) is 53.5 Å². The van der Waals surface area contributed by atoms with Gasteiger partial charge in [0, 0.05) is 26.1 Å². The summed E-state index contributed by atoms with van der Waals surface area (Å²) in [5.41, 5.74) is 0.606. The van der Waals surface area contributed by atoms with E-state index in [1.807, 2.05) is 23.1 Å². The Labute approximate surface area is 156 Å². The van der Waals surface area contributed by atoms with E-state index in [2.05, 4.69) is 32.7 Å². The fourth-order valence-electron chi connectivity index (χ4n) is 2.83. The molecule has 2 rings (SSSR count). The molecule has 0 atom stereocenters. The van der Waals surface area contributed by atoms with E-state index in [1.165, 1.54) is 0 Å². The minimum Gasteiger partial charge on any atom is -0.343 e. The van der Waals surface area contributed by atoms with Crippen LogP contribution in [0.3, 0.4) is 0 Å². The molecule has 0 aliphatic rings. The van der Waals surface area contributed by atoms with Gasteiger partial charge in [0.15, 0.2) is 0 Å². The predicted octanol–water partition coefficient (Wildman–Crippen LogP) is 3.71. The number of hydrogen-bond acceptors (Lipinski definition) is 3. The quantitative estimate of drug-likeness (QED) is 0.687. The Bertz CT molecular complexity index is 768. The van der Waals surface area contributed by atoms with E-state index >= 15 is 0 Å². The predicted molar refractivity (Wildman–Crippen MR) is 106 cm³/mol. The van der Waals surface area contributed by atoms with Gasteiger partial charge < -0.3 is 4.90 Å². The van der Waals surface area contributed by atoms with Gasteiger partial charge in [-0.2, -0.15) is 0 Å². The van der Waals surface area contributed by atoms with Crippen LogP contribution in [0.5, 0.6) is 0 Å². The minimum atomic E-state index is -0.0840. The SMILES string of the molecule is CC(C)CCN(CCC(C)C)C(=O)CCn1cnc2ccccc2c1=O. The van der Waals surface area contributed by atoms with Crippen molar-refractivity contribution in [3.8, 4) is 0 Å². The monoisotopic (exact) mass is 357 g/mol. The standard InChI is InChI=1S/C21H31N3O2/c1-16(2)9-12-23(13-10-17(3)4)20(25)11-14-24-15-22-19-8-6-5-7-18(19)21(24)26/h5-8,15-17H,9-14H2,1-4H3. The van der Waals surface area contributed by atoms with E-state index in [-0.39, 0.29) is 11.5 Å². The Kier molecular flexibility index (Phi) is 7.37. The Hall–Kier alpha value is -2.17. The van der Waals surface area contributed by atoms with Crippen molar-refractivity contribution >= 4 is 16.8 Å². The molecular weight excluding hydrogens is 326 g/mol. The topological polar surface area (TPSA) is 55.2 Å². The Morgan fingerprint density at radius 1 is 1.08 bits per heavy atom. The average molecular weight is 357 g/mol. The van der Waals surface area contributed by atoms with E-state index < -0.39 is 0 Å². The van der Waals surface area contributed by atoms with E-state index in [4.69, 9.17) is 0 Å². The number of hydrogen-bond donors (Lipinski definition) is 0. The van der Waals surface area contributed by atoms with Crippen LogP contribution < -0.4 is 5.56 Å². The van der Waals surface area contributed by atoms with Gasteiger partial charge in [0.1, 0.15) is 0 Å². The van der Waals surface area contributed by atoms with Gasteiger partial charge in [-0.1, -0.05) is 39.8 Å². The number of carbonyl (C=O) groups is 1. The molecule has 26 heavy (non-hydrogen) atoms. The van der Waals surface area contributed by atoms with E-state index in [9.17, 15) is 9.59 Å². The van der Waals surface area contributed by atoms with Gasteiger partial charge in [-0.25, -0.2) is 4.98 Å². The number of fused-ring (bicyclic) bond motifs is 1. The highest BCUT2D eigenvalue weighted by Gasteiger charge is 2.15. The van der Waals surface area contributed by atoms with Crippen molar-refractivity contribution in [1.29, 1.82) is 0 Å². The van der Waals surface area contributed by atoms with Gasteiger partial charge in [-0.3, -0.25) is 14.2 Å². The third-order valence-electron chi connectivity index (χ3n) is 4.60. The highest BCUT2D eigenvalue weighted by molar-refractivity contribution is 5.77. The van der Waals surface area contributed by atoms with E-state index in [1.54, 1.807) is 17.0 Å². The van der Waals surface area contributed by atoms with Gasteiger partial charge in [-0.15, -0.1) is 0 Å². The lowest BCUT2D eigenvalue weighted by Gasteiger charge is -2.24. The zero-order valence-corrected chi connectivity index (χ0v) is 16.4. The van der Waals surface area contributed by atoms with E-state index in [0.717, 1.165) is 25.9 Å². The second-order valence-electron chi connectivity index (χ2n) is 7.76. The molecule has 1 amide bonds. The van der Waals surface area contributed by atoms with Crippen LogP contribution in [0, 0.1) is 11.8 Å². The molecule has 0 fully saturated rings. The van der Waals surface area contributed by atoms with Gasteiger partial charge in [0.05, 0.1) is 17.2 Å². The maximum atomic E-state index is 12.7. The summed E-state index contributed by atoms with van der Waals surface area (Å²) in [6, 6.07) is 7.30. The lowest BCUT2D eigenvalue weighted by atomic mass is 10.1. The zero-order valence-electron chi connectivity index (χ0n) is 16.4. The Morgan fingerprint density at radius 2 is 1.69 bits per heavy atom. The minimum absolute atomic E-state index is 0.0840. The van der Waals surface area contributed by atoms with Gasteiger partial charge in [-0.05, 0) is 36.8 Å². The number of amides is 1. The van der Waals surface area contributed by atoms with Crippen molar-refractivity contribution in [2.24, 2.45) is 11.8 Å². The summed E-state index contributed by atoms with van der Waals surface area (Å²) in [6.07, 6.45) is 3.88. The highest BCUT2D eigenvalue weighted by atomic mass is 16.2. The molecule has 0 N–H and O–H groups in total. The van der Waals surface area contributed by atoms with Crippen molar-refractivity contribution in [3.05, 3.63) is 40.9 Å². The summed E-state index contributed by atoms with van der Waals surface area (Å²) in [6.45, 7) is 10.6. The van der Waals surface area contributed by atoms with Crippen molar-refractivity contribution in [2.75, 3.05) is 13.1 Å².